The highest BCUT2D eigenvalue weighted by Crippen LogP contribution is 2.13. The molecule has 0 unspecified atom stereocenters. The summed E-state index contributed by atoms with van der Waals surface area (Å²) in [6, 6.07) is 0.681. The highest BCUT2D eigenvalue weighted by atomic mass is 79.9. The van der Waals surface area contributed by atoms with Gasteiger partial charge in [-0.25, -0.2) is 0 Å². The lowest BCUT2D eigenvalue weighted by atomic mass is 10.0. The molecule has 5 heteroatoms. The largest absolute Gasteiger partial charge is 0.344 e. The second kappa shape index (κ2) is 8.12. The van der Waals surface area contributed by atoms with Crippen LogP contribution in [0.2, 0.25) is 0 Å². The molecule has 0 spiro atoms. The van der Waals surface area contributed by atoms with Gasteiger partial charge in [0.25, 0.3) is 0 Å². The van der Waals surface area contributed by atoms with Crippen molar-refractivity contribution >= 4 is 21.8 Å². The first-order valence-corrected chi connectivity index (χ1v) is 7.85. The Morgan fingerprint density at radius 2 is 1.89 bits per heavy atom. The van der Waals surface area contributed by atoms with Crippen LogP contribution in [0.5, 0.6) is 0 Å². The van der Waals surface area contributed by atoms with Gasteiger partial charge in [-0.1, -0.05) is 15.9 Å². The van der Waals surface area contributed by atoms with Gasteiger partial charge in [-0.05, 0) is 40.0 Å². The Balaban J connectivity index is 2.23. The van der Waals surface area contributed by atoms with Crippen LogP contribution in [0, 0.1) is 0 Å². The summed E-state index contributed by atoms with van der Waals surface area (Å²) in [6.45, 7) is 4.17. The zero-order valence-electron chi connectivity index (χ0n) is 11.9. The molecular formula is C13H26BrN3O. The molecular weight excluding hydrogens is 294 g/mol. The number of carbonyl (C=O) groups is 1. The van der Waals surface area contributed by atoms with E-state index < -0.39 is 0 Å². The summed E-state index contributed by atoms with van der Waals surface area (Å²) in [7, 11) is 6.26. The molecule has 0 atom stereocenters. The number of hydrogen-bond donors (Lipinski definition) is 0. The van der Waals surface area contributed by atoms with E-state index in [4.69, 9.17) is 0 Å². The molecule has 0 aliphatic carbocycles. The summed E-state index contributed by atoms with van der Waals surface area (Å²) in [4.78, 5) is 18.3. The number of amides is 1. The number of hydrogen-bond acceptors (Lipinski definition) is 3. The van der Waals surface area contributed by atoms with Crippen LogP contribution in [0.4, 0.5) is 0 Å². The summed E-state index contributed by atoms with van der Waals surface area (Å²) >= 11 is 3.30. The minimum absolute atomic E-state index is 0.226. The van der Waals surface area contributed by atoms with Gasteiger partial charge in [0, 0.05) is 37.9 Å². The minimum atomic E-state index is 0.226. The Hall–Kier alpha value is -0.130. The van der Waals surface area contributed by atoms with E-state index in [2.05, 4.69) is 39.8 Å². The molecule has 0 N–H and O–H groups in total. The third-order valence-electron chi connectivity index (χ3n) is 3.83. The number of carbonyl (C=O) groups excluding carboxylic acids is 1. The maximum atomic E-state index is 11.6. The Labute approximate surface area is 119 Å². The van der Waals surface area contributed by atoms with Gasteiger partial charge in [-0.15, -0.1) is 0 Å². The predicted octanol–water partition coefficient (Wildman–Crippen LogP) is 1.26. The van der Waals surface area contributed by atoms with E-state index in [1.807, 2.05) is 11.9 Å². The maximum absolute atomic E-state index is 11.6. The van der Waals surface area contributed by atoms with Crippen molar-refractivity contribution in [3.05, 3.63) is 0 Å². The monoisotopic (exact) mass is 319 g/mol. The molecule has 0 aromatic carbocycles. The van der Waals surface area contributed by atoms with Crippen molar-refractivity contribution in [1.82, 2.24) is 14.7 Å². The SMILES string of the molecule is CN1CCC(N(C)CCN(C)C(=O)CCBr)CC1. The standard InChI is InChI=1S/C13H26BrN3O/c1-15-8-5-12(6-9-15)16(2)10-11-17(3)13(18)4-7-14/h12H,4-11H2,1-3H3. The van der Waals surface area contributed by atoms with Gasteiger partial charge in [-0.3, -0.25) is 4.79 Å². The Morgan fingerprint density at radius 3 is 2.44 bits per heavy atom. The zero-order valence-corrected chi connectivity index (χ0v) is 13.4. The molecule has 1 aliphatic heterocycles. The fourth-order valence-electron chi connectivity index (χ4n) is 2.32. The lowest BCUT2D eigenvalue weighted by Crippen LogP contribution is -2.44. The maximum Gasteiger partial charge on any atom is 0.223 e. The molecule has 1 rings (SSSR count). The number of likely N-dealkylation sites (tertiary alicyclic amines) is 1. The third-order valence-corrected chi connectivity index (χ3v) is 4.23. The van der Waals surface area contributed by atoms with E-state index >= 15 is 0 Å². The number of rotatable bonds is 6. The molecule has 1 amide bonds. The van der Waals surface area contributed by atoms with Crippen LogP contribution in [-0.4, -0.2) is 79.3 Å². The second-order valence-corrected chi connectivity index (χ2v) is 6.06. The Morgan fingerprint density at radius 1 is 1.28 bits per heavy atom. The van der Waals surface area contributed by atoms with E-state index in [0.29, 0.717) is 12.5 Å². The van der Waals surface area contributed by atoms with Crippen LogP contribution in [-0.2, 0) is 4.79 Å². The molecule has 0 radical (unpaired) electrons. The lowest BCUT2D eigenvalue weighted by Gasteiger charge is -2.35. The van der Waals surface area contributed by atoms with Gasteiger partial charge >= 0.3 is 0 Å². The average molecular weight is 320 g/mol. The molecule has 18 heavy (non-hydrogen) atoms. The molecule has 1 heterocycles. The summed E-state index contributed by atoms with van der Waals surface area (Å²) in [6.07, 6.45) is 3.08. The number of piperidine rings is 1. The molecule has 106 valence electrons. The van der Waals surface area contributed by atoms with Gasteiger partial charge in [0.2, 0.25) is 5.91 Å². The highest BCUT2D eigenvalue weighted by molar-refractivity contribution is 9.09. The number of alkyl halides is 1. The quantitative estimate of drug-likeness (QED) is 0.690. The van der Waals surface area contributed by atoms with Crippen molar-refractivity contribution in [3.8, 4) is 0 Å². The minimum Gasteiger partial charge on any atom is -0.344 e. The van der Waals surface area contributed by atoms with Gasteiger partial charge < -0.3 is 14.7 Å². The van der Waals surface area contributed by atoms with Crippen LogP contribution in [0.25, 0.3) is 0 Å². The second-order valence-electron chi connectivity index (χ2n) is 5.27. The molecule has 4 nitrogen and oxygen atoms in total. The zero-order chi connectivity index (χ0) is 13.5. The molecule has 0 aromatic heterocycles. The molecule has 1 aliphatic rings. The number of nitrogens with zero attached hydrogens (tertiary/aromatic N) is 3. The van der Waals surface area contributed by atoms with Crippen molar-refractivity contribution in [2.45, 2.75) is 25.3 Å². The van der Waals surface area contributed by atoms with Crippen LogP contribution < -0.4 is 0 Å². The van der Waals surface area contributed by atoms with E-state index in [0.717, 1.165) is 18.4 Å². The summed E-state index contributed by atoms with van der Waals surface area (Å²) in [5.74, 6) is 0.226. The number of halogens is 1. The predicted molar refractivity (Wildman–Crippen MR) is 79.2 cm³/mol. The molecule has 1 saturated heterocycles. The van der Waals surface area contributed by atoms with E-state index in [1.54, 1.807) is 0 Å². The smallest absolute Gasteiger partial charge is 0.223 e. The van der Waals surface area contributed by atoms with E-state index in [-0.39, 0.29) is 5.91 Å². The Kier molecular flexibility index (Phi) is 7.19. The fraction of sp³-hybridized carbons (Fsp3) is 0.923. The van der Waals surface area contributed by atoms with Gasteiger partial charge in [0.05, 0.1) is 0 Å². The molecule has 1 fully saturated rings. The normalized spacial score (nSPS) is 18.3. The third kappa shape index (κ3) is 5.24. The first-order chi connectivity index (χ1) is 8.54. The molecule has 0 bridgehead atoms. The van der Waals surface area contributed by atoms with Crippen LogP contribution in [0.3, 0.4) is 0 Å². The molecule has 0 saturated carbocycles. The van der Waals surface area contributed by atoms with Crippen LogP contribution in [0.15, 0.2) is 0 Å². The van der Waals surface area contributed by atoms with Crippen molar-refractivity contribution < 1.29 is 4.79 Å². The van der Waals surface area contributed by atoms with E-state index in [1.165, 1.54) is 25.9 Å². The Bertz CT molecular complexity index is 255. The van der Waals surface area contributed by atoms with Crippen LogP contribution in [0.1, 0.15) is 19.3 Å². The van der Waals surface area contributed by atoms with Gasteiger partial charge in [0.1, 0.15) is 0 Å². The van der Waals surface area contributed by atoms with Gasteiger partial charge in [0.15, 0.2) is 0 Å². The topological polar surface area (TPSA) is 26.8 Å². The van der Waals surface area contributed by atoms with Crippen LogP contribution >= 0.6 is 15.9 Å². The first-order valence-electron chi connectivity index (χ1n) is 6.73. The summed E-state index contributed by atoms with van der Waals surface area (Å²) in [5.41, 5.74) is 0. The van der Waals surface area contributed by atoms with E-state index in [9.17, 15) is 4.79 Å². The lowest BCUT2D eigenvalue weighted by molar-refractivity contribution is -0.129. The average Bonchev–Trinajstić information content (AvgIpc) is 2.36. The van der Waals surface area contributed by atoms with Crippen molar-refractivity contribution in [2.75, 3.05) is 52.7 Å². The summed E-state index contributed by atoms with van der Waals surface area (Å²) in [5, 5.41) is 0.751. The van der Waals surface area contributed by atoms with Crippen molar-refractivity contribution in [2.24, 2.45) is 0 Å². The highest BCUT2D eigenvalue weighted by Gasteiger charge is 2.20. The summed E-state index contributed by atoms with van der Waals surface area (Å²) < 4.78 is 0. The van der Waals surface area contributed by atoms with Crippen molar-refractivity contribution in [1.29, 1.82) is 0 Å². The van der Waals surface area contributed by atoms with Gasteiger partial charge in [-0.2, -0.15) is 0 Å². The number of likely N-dealkylation sites (N-methyl/N-ethyl adjacent to an activating group) is 2. The molecule has 0 aromatic rings. The fourth-order valence-corrected chi connectivity index (χ4v) is 2.66. The van der Waals surface area contributed by atoms with Crippen molar-refractivity contribution in [3.63, 3.8) is 0 Å². The first kappa shape index (κ1) is 15.9.